The fourth-order valence-electron chi connectivity index (χ4n) is 2.96. The van der Waals surface area contributed by atoms with Crippen LogP contribution in [0.5, 0.6) is 5.75 Å². The molecule has 1 aliphatic rings. The van der Waals surface area contributed by atoms with Gasteiger partial charge in [0.05, 0.1) is 7.11 Å². The highest BCUT2D eigenvalue weighted by Gasteiger charge is 2.22. The van der Waals surface area contributed by atoms with E-state index in [1.54, 1.807) is 7.11 Å². The first-order chi connectivity index (χ1) is 9.72. The third kappa shape index (κ3) is 4.22. The Hall–Kier alpha value is -1.06. The van der Waals surface area contributed by atoms with Crippen LogP contribution in [0.15, 0.2) is 24.3 Å². The topological polar surface area (TPSA) is 24.5 Å². The molecule has 1 aromatic rings. The Bertz CT molecular complexity index is 382. The first-order valence-corrected chi connectivity index (χ1v) is 7.81. The van der Waals surface area contributed by atoms with Crippen molar-refractivity contribution in [2.24, 2.45) is 5.92 Å². The van der Waals surface area contributed by atoms with Crippen molar-refractivity contribution in [3.8, 4) is 5.75 Å². The summed E-state index contributed by atoms with van der Waals surface area (Å²) in [5.74, 6) is 1.74. The van der Waals surface area contributed by atoms with Crippen LogP contribution >= 0.6 is 0 Å². The summed E-state index contributed by atoms with van der Waals surface area (Å²) in [6.45, 7) is 9.24. The first kappa shape index (κ1) is 15.3. The maximum Gasteiger partial charge on any atom is 0.118 e. The largest absolute Gasteiger partial charge is 0.497 e. The van der Waals surface area contributed by atoms with Crippen LogP contribution in [0.25, 0.3) is 0 Å². The molecule has 0 aliphatic carbocycles. The molecule has 20 heavy (non-hydrogen) atoms. The summed E-state index contributed by atoms with van der Waals surface area (Å²) in [6, 6.07) is 8.93. The number of rotatable bonds is 6. The Labute approximate surface area is 123 Å². The van der Waals surface area contributed by atoms with Crippen LogP contribution in [0.2, 0.25) is 0 Å². The number of nitrogens with one attached hydrogen (secondary N) is 1. The standard InChI is InChI=1S/C17H28N2O/c1-4-19-11-9-16(10-12-19)14(2)18-13-15-5-7-17(20-3)8-6-15/h5-8,14,16,18H,4,9-13H2,1-3H3. The van der Waals surface area contributed by atoms with Crippen molar-refractivity contribution in [3.63, 3.8) is 0 Å². The van der Waals surface area contributed by atoms with E-state index in [0.717, 1.165) is 18.2 Å². The van der Waals surface area contributed by atoms with E-state index in [9.17, 15) is 0 Å². The number of hydrogen-bond donors (Lipinski definition) is 1. The summed E-state index contributed by atoms with van der Waals surface area (Å²) in [5.41, 5.74) is 1.32. The van der Waals surface area contributed by atoms with Gasteiger partial charge in [-0.1, -0.05) is 19.1 Å². The van der Waals surface area contributed by atoms with Gasteiger partial charge in [-0.05, 0) is 63.0 Å². The minimum Gasteiger partial charge on any atom is -0.497 e. The lowest BCUT2D eigenvalue weighted by atomic mass is 9.90. The second-order valence-electron chi connectivity index (χ2n) is 5.79. The summed E-state index contributed by atoms with van der Waals surface area (Å²) >= 11 is 0. The molecular formula is C17H28N2O. The van der Waals surface area contributed by atoms with Gasteiger partial charge in [0.1, 0.15) is 5.75 Å². The van der Waals surface area contributed by atoms with Crippen molar-refractivity contribution >= 4 is 0 Å². The fourth-order valence-corrected chi connectivity index (χ4v) is 2.96. The normalized spacial score (nSPS) is 18.9. The number of ether oxygens (including phenoxy) is 1. The number of benzene rings is 1. The summed E-state index contributed by atoms with van der Waals surface area (Å²) in [4.78, 5) is 2.55. The molecular weight excluding hydrogens is 248 g/mol. The van der Waals surface area contributed by atoms with Gasteiger partial charge in [-0.3, -0.25) is 0 Å². The minimum atomic E-state index is 0.594. The molecule has 1 heterocycles. The number of methoxy groups -OCH3 is 1. The van der Waals surface area contributed by atoms with E-state index in [4.69, 9.17) is 4.74 Å². The molecule has 0 radical (unpaired) electrons. The predicted octanol–water partition coefficient (Wildman–Crippen LogP) is 2.91. The van der Waals surface area contributed by atoms with E-state index in [1.165, 1.54) is 38.0 Å². The maximum absolute atomic E-state index is 5.19. The Kier molecular flexibility index (Phi) is 5.86. The zero-order chi connectivity index (χ0) is 14.4. The summed E-state index contributed by atoms with van der Waals surface area (Å²) in [7, 11) is 1.71. The lowest BCUT2D eigenvalue weighted by molar-refractivity contribution is 0.168. The number of hydrogen-bond acceptors (Lipinski definition) is 3. The number of likely N-dealkylation sites (tertiary alicyclic amines) is 1. The van der Waals surface area contributed by atoms with Crippen LogP contribution in [0.1, 0.15) is 32.3 Å². The van der Waals surface area contributed by atoms with Crippen LogP contribution in [-0.4, -0.2) is 37.7 Å². The monoisotopic (exact) mass is 276 g/mol. The minimum absolute atomic E-state index is 0.594. The van der Waals surface area contributed by atoms with Crippen molar-refractivity contribution in [1.29, 1.82) is 0 Å². The molecule has 1 fully saturated rings. The average molecular weight is 276 g/mol. The molecule has 0 amide bonds. The molecule has 3 nitrogen and oxygen atoms in total. The van der Waals surface area contributed by atoms with Crippen molar-refractivity contribution < 1.29 is 4.74 Å². The molecule has 0 aromatic heterocycles. The van der Waals surface area contributed by atoms with Gasteiger partial charge in [0.25, 0.3) is 0 Å². The molecule has 0 saturated carbocycles. The SMILES string of the molecule is CCN1CCC(C(C)NCc2ccc(OC)cc2)CC1. The van der Waals surface area contributed by atoms with Crippen molar-refractivity contribution in [1.82, 2.24) is 10.2 Å². The van der Waals surface area contributed by atoms with Crippen LogP contribution in [-0.2, 0) is 6.54 Å². The van der Waals surface area contributed by atoms with Gasteiger partial charge in [-0.15, -0.1) is 0 Å². The molecule has 0 spiro atoms. The van der Waals surface area contributed by atoms with Crippen molar-refractivity contribution in [3.05, 3.63) is 29.8 Å². The van der Waals surface area contributed by atoms with E-state index in [0.29, 0.717) is 6.04 Å². The van der Waals surface area contributed by atoms with Crippen LogP contribution in [0.3, 0.4) is 0 Å². The molecule has 1 N–H and O–H groups in total. The Morgan fingerprint density at radius 3 is 2.45 bits per heavy atom. The molecule has 0 bridgehead atoms. The molecule has 2 rings (SSSR count). The summed E-state index contributed by atoms with van der Waals surface area (Å²) < 4.78 is 5.19. The number of nitrogens with zero attached hydrogens (tertiary/aromatic N) is 1. The van der Waals surface area contributed by atoms with Crippen LogP contribution in [0.4, 0.5) is 0 Å². The second-order valence-corrected chi connectivity index (χ2v) is 5.79. The van der Waals surface area contributed by atoms with Gasteiger partial charge in [0.2, 0.25) is 0 Å². The third-order valence-corrected chi connectivity index (χ3v) is 4.57. The number of piperidine rings is 1. The molecule has 1 atom stereocenters. The highest BCUT2D eigenvalue weighted by molar-refractivity contribution is 5.27. The zero-order valence-electron chi connectivity index (χ0n) is 13.1. The van der Waals surface area contributed by atoms with E-state index in [2.05, 4.69) is 36.2 Å². The highest BCUT2D eigenvalue weighted by atomic mass is 16.5. The lowest BCUT2D eigenvalue weighted by Gasteiger charge is -2.34. The van der Waals surface area contributed by atoms with Crippen molar-refractivity contribution in [2.45, 2.75) is 39.3 Å². The summed E-state index contributed by atoms with van der Waals surface area (Å²) in [5, 5.41) is 3.68. The zero-order valence-corrected chi connectivity index (χ0v) is 13.1. The Balaban J connectivity index is 1.75. The van der Waals surface area contributed by atoms with E-state index >= 15 is 0 Å². The van der Waals surface area contributed by atoms with Gasteiger partial charge in [0, 0.05) is 12.6 Å². The average Bonchev–Trinajstić information content (AvgIpc) is 2.53. The maximum atomic E-state index is 5.19. The van der Waals surface area contributed by atoms with Crippen LogP contribution < -0.4 is 10.1 Å². The molecule has 1 aromatic carbocycles. The molecule has 1 saturated heterocycles. The predicted molar refractivity (Wildman–Crippen MR) is 84.1 cm³/mol. The molecule has 1 aliphatic heterocycles. The highest BCUT2D eigenvalue weighted by Crippen LogP contribution is 2.20. The lowest BCUT2D eigenvalue weighted by Crippen LogP contribution is -2.41. The molecule has 1 unspecified atom stereocenters. The molecule has 112 valence electrons. The van der Waals surface area contributed by atoms with Gasteiger partial charge in [0.15, 0.2) is 0 Å². The van der Waals surface area contributed by atoms with Gasteiger partial charge in [-0.2, -0.15) is 0 Å². The second kappa shape index (κ2) is 7.65. The van der Waals surface area contributed by atoms with E-state index in [-0.39, 0.29) is 0 Å². The Morgan fingerprint density at radius 1 is 1.25 bits per heavy atom. The van der Waals surface area contributed by atoms with Gasteiger partial charge < -0.3 is 15.0 Å². The first-order valence-electron chi connectivity index (χ1n) is 7.81. The molecule has 3 heteroatoms. The quantitative estimate of drug-likeness (QED) is 0.864. The fraction of sp³-hybridized carbons (Fsp3) is 0.647. The smallest absolute Gasteiger partial charge is 0.118 e. The summed E-state index contributed by atoms with van der Waals surface area (Å²) in [6.07, 6.45) is 2.65. The van der Waals surface area contributed by atoms with Crippen molar-refractivity contribution in [2.75, 3.05) is 26.7 Å². The van der Waals surface area contributed by atoms with Gasteiger partial charge in [-0.25, -0.2) is 0 Å². The van der Waals surface area contributed by atoms with Crippen LogP contribution in [0, 0.1) is 5.92 Å². The van der Waals surface area contributed by atoms with E-state index < -0.39 is 0 Å². The van der Waals surface area contributed by atoms with E-state index in [1.807, 2.05) is 12.1 Å². The van der Waals surface area contributed by atoms with Gasteiger partial charge >= 0.3 is 0 Å². The third-order valence-electron chi connectivity index (χ3n) is 4.57. The Morgan fingerprint density at radius 2 is 1.90 bits per heavy atom.